The summed E-state index contributed by atoms with van der Waals surface area (Å²) < 4.78 is 5.85. The summed E-state index contributed by atoms with van der Waals surface area (Å²) in [6, 6.07) is 13.4. The molecule has 5 heterocycles. The van der Waals surface area contributed by atoms with Crippen LogP contribution in [0.15, 0.2) is 60.9 Å². The predicted octanol–water partition coefficient (Wildman–Crippen LogP) is 4.18. The van der Waals surface area contributed by atoms with Crippen LogP contribution in [0, 0.1) is 0 Å². The van der Waals surface area contributed by atoms with Crippen molar-refractivity contribution >= 4 is 29.6 Å². The van der Waals surface area contributed by atoms with E-state index in [4.69, 9.17) is 4.74 Å². The zero-order valence-electron chi connectivity index (χ0n) is 24.9. The van der Waals surface area contributed by atoms with Gasteiger partial charge in [-0.25, -0.2) is 4.98 Å². The van der Waals surface area contributed by atoms with Crippen LogP contribution in [0.2, 0.25) is 0 Å². The fourth-order valence-corrected chi connectivity index (χ4v) is 7.37. The molecule has 3 aromatic rings. The third kappa shape index (κ3) is 5.09. The fourth-order valence-electron chi connectivity index (χ4n) is 7.37. The molecule has 1 saturated heterocycles. The van der Waals surface area contributed by atoms with E-state index in [2.05, 4.69) is 39.7 Å². The Morgan fingerprint density at radius 2 is 1.82 bits per heavy atom. The highest BCUT2D eigenvalue weighted by molar-refractivity contribution is 6.06. The standard InChI is InChI=1S/C35H37N5O4/c1-22-27(24-10-4-2-5-11-24)17-30-33(42)40(22)12-6-3-7-13-44-14-8-9-23-15-28-31(37-20-23)39-34(43)35(28)18-25-16-29(32(41)38-30)36-21-26(25)19-35/h2,4-5,8-11,15-16,20-22,27,30H,3,6-7,12-14,17-19H2,1H3,(H,38,41)(H,37,39,43)/b9-8-/t22?,27?,30?,35-/m0/s1. The number of hydrogen-bond acceptors (Lipinski definition) is 6. The van der Waals surface area contributed by atoms with Gasteiger partial charge in [-0.1, -0.05) is 42.5 Å². The van der Waals surface area contributed by atoms with Crippen LogP contribution in [-0.4, -0.2) is 64.4 Å². The topological polar surface area (TPSA) is 114 Å². The van der Waals surface area contributed by atoms with Crippen LogP contribution in [0.5, 0.6) is 0 Å². The molecule has 0 saturated carbocycles. The lowest BCUT2D eigenvalue weighted by atomic mass is 9.79. The largest absolute Gasteiger partial charge is 0.377 e. The number of pyridine rings is 2. The summed E-state index contributed by atoms with van der Waals surface area (Å²) >= 11 is 0. The minimum absolute atomic E-state index is 0.00772. The Hall–Kier alpha value is -4.37. The summed E-state index contributed by atoms with van der Waals surface area (Å²) in [4.78, 5) is 51.8. The van der Waals surface area contributed by atoms with Crippen LogP contribution < -0.4 is 10.6 Å². The monoisotopic (exact) mass is 591 g/mol. The number of ether oxygens (including phenoxy) is 1. The van der Waals surface area contributed by atoms with Gasteiger partial charge in [0.1, 0.15) is 17.6 Å². The Labute approximate surface area is 257 Å². The molecule has 3 unspecified atom stereocenters. The molecule has 7 rings (SSSR count). The predicted molar refractivity (Wildman–Crippen MR) is 166 cm³/mol. The zero-order chi connectivity index (χ0) is 30.3. The van der Waals surface area contributed by atoms with Crippen molar-refractivity contribution < 1.29 is 19.1 Å². The molecule has 3 amide bonds. The summed E-state index contributed by atoms with van der Waals surface area (Å²) in [7, 11) is 0. The SMILES string of the molecule is CC1C(c2ccccc2)CC2NC(=O)c3cc4c(cn3)C[C@]3(C4)C(=O)Nc4ncc(cc43)/C=C\COCCCCCN1C2=O. The van der Waals surface area contributed by atoms with Gasteiger partial charge in [0, 0.05) is 43.1 Å². The molecule has 3 aliphatic heterocycles. The molecule has 1 aromatic carbocycles. The Morgan fingerprint density at radius 3 is 2.68 bits per heavy atom. The normalized spacial score (nSPS) is 27.7. The van der Waals surface area contributed by atoms with Gasteiger partial charge < -0.3 is 20.3 Å². The van der Waals surface area contributed by atoms with Gasteiger partial charge in [-0.3, -0.25) is 19.4 Å². The maximum Gasteiger partial charge on any atom is 0.270 e. The van der Waals surface area contributed by atoms with Gasteiger partial charge in [0.2, 0.25) is 11.8 Å². The van der Waals surface area contributed by atoms with Crippen molar-refractivity contribution in [2.75, 3.05) is 25.1 Å². The van der Waals surface area contributed by atoms with Crippen LogP contribution in [0.25, 0.3) is 6.08 Å². The first-order valence-electron chi connectivity index (χ1n) is 15.6. The van der Waals surface area contributed by atoms with E-state index >= 15 is 0 Å². The summed E-state index contributed by atoms with van der Waals surface area (Å²) in [5.41, 5.74) is 4.25. The van der Waals surface area contributed by atoms with Crippen LogP contribution in [0.1, 0.15) is 76.8 Å². The first-order chi connectivity index (χ1) is 21.4. The van der Waals surface area contributed by atoms with Crippen molar-refractivity contribution in [2.24, 2.45) is 0 Å². The van der Waals surface area contributed by atoms with E-state index in [1.807, 2.05) is 41.3 Å². The number of hydrogen-bond donors (Lipinski definition) is 2. The van der Waals surface area contributed by atoms with Crippen LogP contribution >= 0.6 is 0 Å². The first-order valence-corrected chi connectivity index (χ1v) is 15.6. The van der Waals surface area contributed by atoms with E-state index in [0.717, 1.165) is 47.1 Å². The van der Waals surface area contributed by atoms with Crippen molar-refractivity contribution in [2.45, 2.75) is 68.9 Å². The molecule has 9 nitrogen and oxygen atoms in total. The molecule has 44 heavy (non-hydrogen) atoms. The van der Waals surface area contributed by atoms with Crippen LogP contribution in [-0.2, 0) is 32.6 Å². The minimum atomic E-state index is -0.794. The molecular weight excluding hydrogens is 554 g/mol. The highest BCUT2D eigenvalue weighted by Gasteiger charge is 2.51. The Kier molecular flexibility index (Phi) is 7.50. The highest BCUT2D eigenvalue weighted by atomic mass is 16.5. The summed E-state index contributed by atoms with van der Waals surface area (Å²) in [6.07, 6.45) is 11.6. The smallest absolute Gasteiger partial charge is 0.270 e. The van der Waals surface area contributed by atoms with E-state index in [9.17, 15) is 14.4 Å². The van der Waals surface area contributed by atoms with Crippen molar-refractivity contribution in [3.63, 3.8) is 0 Å². The Bertz CT molecular complexity index is 1640. The summed E-state index contributed by atoms with van der Waals surface area (Å²) in [5.74, 6) is 0.156. The number of anilines is 1. The molecule has 1 aliphatic carbocycles. The molecule has 0 radical (unpaired) electrons. The number of nitrogens with one attached hydrogen (secondary N) is 2. The lowest BCUT2D eigenvalue weighted by molar-refractivity contribution is -0.139. The van der Waals surface area contributed by atoms with E-state index < -0.39 is 11.5 Å². The highest BCUT2D eigenvalue weighted by Crippen LogP contribution is 2.47. The molecule has 2 N–H and O–H groups in total. The average molecular weight is 592 g/mol. The number of amides is 3. The molecule has 1 fully saturated rings. The number of benzene rings is 1. The lowest BCUT2D eigenvalue weighted by Gasteiger charge is -2.43. The quantitative estimate of drug-likeness (QED) is 0.439. The van der Waals surface area contributed by atoms with Gasteiger partial charge >= 0.3 is 0 Å². The van der Waals surface area contributed by atoms with E-state index in [1.54, 1.807) is 18.5 Å². The first kappa shape index (κ1) is 28.4. The number of carbonyl (C=O) groups is 3. The maximum atomic E-state index is 13.8. The van der Waals surface area contributed by atoms with Gasteiger partial charge in [-0.15, -0.1) is 0 Å². The van der Waals surface area contributed by atoms with Crippen molar-refractivity contribution in [1.82, 2.24) is 20.2 Å². The number of nitrogens with zero attached hydrogens (tertiary/aromatic N) is 3. The van der Waals surface area contributed by atoms with Crippen LogP contribution in [0.3, 0.4) is 0 Å². The van der Waals surface area contributed by atoms with Crippen molar-refractivity contribution in [1.29, 1.82) is 0 Å². The molecule has 2 aromatic heterocycles. The van der Waals surface area contributed by atoms with Crippen molar-refractivity contribution in [3.05, 3.63) is 94.4 Å². The number of rotatable bonds is 1. The van der Waals surface area contributed by atoms with Gasteiger partial charge in [0.25, 0.3) is 5.91 Å². The second-order valence-corrected chi connectivity index (χ2v) is 12.5. The van der Waals surface area contributed by atoms with Gasteiger partial charge in [-0.05, 0) is 79.8 Å². The second-order valence-electron chi connectivity index (χ2n) is 12.5. The molecular formula is C35H37N5O4. The third-order valence-electron chi connectivity index (χ3n) is 9.78. The Balaban J connectivity index is 1.21. The summed E-state index contributed by atoms with van der Waals surface area (Å²) in [5, 5.41) is 6.01. The van der Waals surface area contributed by atoms with E-state index in [0.29, 0.717) is 44.8 Å². The summed E-state index contributed by atoms with van der Waals surface area (Å²) in [6.45, 7) is 3.86. The Morgan fingerprint density at radius 1 is 0.977 bits per heavy atom. The average Bonchev–Trinajstić information content (AvgIpc) is 3.55. The molecule has 7 bridgehead atoms. The maximum absolute atomic E-state index is 13.8. The number of fused-ring (bicyclic) bond motifs is 4. The third-order valence-corrected chi connectivity index (χ3v) is 9.78. The minimum Gasteiger partial charge on any atom is -0.377 e. The fraction of sp³-hybridized carbons (Fsp3) is 0.400. The number of carbonyl (C=O) groups excluding carboxylic acids is 3. The van der Waals surface area contributed by atoms with Crippen LogP contribution in [0.4, 0.5) is 5.82 Å². The molecule has 4 atom stereocenters. The zero-order valence-corrected chi connectivity index (χ0v) is 24.9. The van der Waals surface area contributed by atoms with Crippen molar-refractivity contribution in [3.8, 4) is 0 Å². The molecule has 9 heteroatoms. The number of piperidine rings is 1. The van der Waals surface area contributed by atoms with Gasteiger partial charge in [0.15, 0.2) is 0 Å². The molecule has 4 aliphatic rings. The van der Waals surface area contributed by atoms with E-state index in [-0.39, 0.29) is 35.4 Å². The number of aromatic nitrogens is 2. The second kappa shape index (κ2) is 11.6. The molecule has 226 valence electrons. The van der Waals surface area contributed by atoms with E-state index in [1.165, 1.54) is 0 Å². The van der Waals surface area contributed by atoms with Gasteiger partial charge in [-0.2, -0.15) is 0 Å². The van der Waals surface area contributed by atoms with Gasteiger partial charge in [0.05, 0.1) is 12.0 Å². The molecule has 1 spiro atoms. The lowest BCUT2D eigenvalue weighted by Crippen LogP contribution is -2.58.